The number of aliphatic hydroxyl groups excluding tert-OH is 1. The molecule has 22 heavy (non-hydrogen) atoms. The molecule has 124 valence electrons. The molecule has 0 bridgehead atoms. The van der Waals surface area contributed by atoms with Crippen LogP contribution in [-0.4, -0.2) is 36.4 Å². The molecule has 0 saturated heterocycles. The number of hydrogen-bond acceptors (Lipinski definition) is 5. The van der Waals surface area contributed by atoms with Crippen molar-refractivity contribution in [3.8, 4) is 0 Å². The Bertz CT molecular complexity index is 545. The Balaban J connectivity index is 3.07. The summed E-state index contributed by atoms with van der Waals surface area (Å²) in [4.78, 5) is 23.3. The lowest BCUT2D eigenvalue weighted by atomic mass is 10.2. The van der Waals surface area contributed by atoms with Crippen molar-refractivity contribution in [2.75, 3.05) is 18.5 Å². The lowest BCUT2D eigenvalue weighted by molar-refractivity contribution is -0.137. The van der Waals surface area contributed by atoms with Crippen LogP contribution in [0.1, 0.15) is 29.8 Å². The van der Waals surface area contributed by atoms with Gasteiger partial charge in [-0.15, -0.1) is 11.3 Å². The van der Waals surface area contributed by atoms with Crippen LogP contribution >= 0.6 is 11.3 Å². The number of alkyl halides is 3. The van der Waals surface area contributed by atoms with E-state index in [0.717, 1.165) is 5.38 Å². The zero-order valence-electron chi connectivity index (χ0n) is 11.8. The molecule has 1 heterocycles. The van der Waals surface area contributed by atoms with Gasteiger partial charge in [0.1, 0.15) is 10.6 Å². The molecular weight excluding hydrogens is 325 g/mol. The van der Waals surface area contributed by atoms with E-state index < -0.39 is 35.3 Å². The first-order valence-electron chi connectivity index (χ1n) is 6.24. The predicted octanol–water partition coefficient (Wildman–Crippen LogP) is 2.45. The average Bonchev–Trinajstić information content (AvgIpc) is 2.82. The molecule has 0 saturated carbocycles. The summed E-state index contributed by atoms with van der Waals surface area (Å²) >= 11 is 0.565. The van der Waals surface area contributed by atoms with E-state index in [0.29, 0.717) is 11.3 Å². The maximum Gasteiger partial charge on any atom is 0.418 e. The van der Waals surface area contributed by atoms with Crippen molar-refractivity contribution in [1.29, 1.82) is 0 Å². The molecule has 2 amide bonds. The summed E-state index contributed by atoms with van der Waals surface area (Å²) in [5, 5.41) is 13.7. The first kappa shape index (κ1) is 18.2. The van der Waals surface area contributed by atoms with E-state index in [-0.39, 0.29) is 18.2 Å². The molecule has 0 aliphatic heterocycles. The highest BCUT2D eigenvalue weighted by molar-refractivity contribution is 7.15. The van der Waals surface area contributed by atoms with Crippen molar-refractivity contribution in [2.24, 2.45) is 0 Å². The highest BCUT2D eigenvalue weighted by Crippen LogP contribution is 2.39. The number of rotatable bonds is 5. The lowest BCUT2D eigenvalue weighted by Gasteiger charge is -2.13. The second-order valence-electron chi connectivity index (χ2n) is 4.25. The first-order chi connectivity index (χ1) is 10.2. The quantitative estimate of drug-likeness (QED) is 0.719. The van der Waals surface area contributed by atoms with Gasteiger partial charge in [0.25, 0.3) is 0 Å². The van der Waals surface area contributed by atoms with Gasteiger partial charge in [-0.2, -0.15) is 13.2 Å². The molecule has 10 heteroatoms. The van der Waals surface area contributed by atoms with Gasteiger partial charge in [0.2, 0.25) is 0 Å². The van der Waals surface area contributed by atoms with E-state index in [2.05, 4.69) is 15.4 Å². The minimum absolute atomic E-state index is 0.0981. The molecule has 1 atom stereocenters. The molecule has 1 aromatic heterocycles. The van der Waals surface area contributed by atoms with Crippen LogP contribution in [0.5, 0.6) is 0 Å². The third kappa shape index (κ3) is 4.60. The van der Waals surface area contributed by atoms with Crippen LogP contribution in [0, 0.1) is 0 Å². The molecular formula is C12H15F3N2O4S. The summed E-state index contributed by atoms with van der Waals surface area (Å²) in [7, 11) is 0. The van der Waals surface area contributed by atoms with Crippen LogP contribution in [0.3, 0.4) is 0 Å². The van der Waals surface area contributed by atoms with Gasteiger partial charge in [0, 0.05) is 5.38 Å². The molecule has 3 N–H and O–H groups in total. The fraction of sp³-hybridized carbons (Fsp3) is 0.500. The number of urea groups is 1. The Morgan fingerprint density at radius 1 is 1.45 bits per heavy atom. The monoisotopic (exact) mass is 340 g/mol. The highest BCUT2D eigenvalue weighted by atomic mass is 32.1. The molecule has 1 rings (SSSR count). The standard InChI is InChI=1S/C12H15F3N2O4S/c1-3-21-10(19)8-7(12(13,14)15)5-22-9(8)17-11(20)16-6(2)4-18/h5-6,18H,3-4H2,1-2H3,(H2,16,17,20). The topological polar surface area (TPSA) is 87.7 Å². The lowest BCUT2D eigenvalue weighted by Crippen LogP contribution is -2.38. The van der Waals surface area contributed by atoms with Gasteiger partial charge in [0.15, 0.2) is 0 Å². The van der Waals surface area contributed by atoms with Crippen LogP contribution in [0.25, 0.3) is 0 Å². The number of hydrogen-bond donors (Lipinski definition) is 3. The van der Waals surface area contributed by atoms with Crippen molar-refractivity contribution in [2.45, 2.75) is 26.1 Å². The minimum Gasteiger partial charge on any atom is -0.462 e. The summed E-state index contributed by atoms with van der Waals surface area (Å²) < 4.78 is 43.3. The van der Waals surface area contributed by atoms with Crippen LogP contribution in [0.15, 0.2) is 5.38 Å². The summed E-state index contributed by atoms with van der Waals surface area (Å²) in [6.45, 7) is 2.53. The maximum absolute atomic E-state index is 12.9. The Hall–Kier alpha value is -1.81. The zero-order chi connectivity index (χ0) is 16.9. The number of nitrogens with one attached hydrogen (secondary N) is 2. The van der Waals surface area contributed by atoms with Gasteiger partial charge in [-0.3, -0.25) is 5.32 Å². The molecule has 1 aromatic rings. The van der Waals surface area contributed by atoms with E-state index in [4.69, 9.17) is 5.11 Å². The van der Waals surface area contributed by atoms with Crippen LogP contribution < -0.4 is 10.6 Å². The Kier molecular flexibility index (Phi) is 6.18. The predicted molar refractivity (Wildman–Crippen MR) is 74.0 cm³/mol. The van der Waals surface area contributed by atoms with Crippen molar-refractivity contribution in [3.05, 3.63) is 16.5 Å². The molecule has 6 nitrogen and oxygen atoms in total. The van der Waals surface area contributed by atoms with Crippen LogP contribution in [0.4, 0.5) is 23.0 Å². The average molecular weight is 340 g/mol. The fourth-order valence-corrected chi connectivity index (χ4v) is 2.42. The summed E-state index contributed by atoms with van der Waals surface area (Å²) in [6.07, 6.45) is -4.74. The van der Waals surface area contributed by atoms with Crippen molar-refractivity contribution >= 4 is 28.3 Å². The largest absolute Gasteiger partial charge is 0.462 e. The Morgan fingerprint density at radius 2 is 2.09 bits per heavy atom. The summed E-state index contributed by atoms with van der Waals surface area (Å²) in [5.41, 5.74) is -1.90. The molecule has 0 radical (unpaired) electrons. The number of ether oxygens (including phenoxy) is 1. The number of carbonyl (C=O) groups excluding carboxylic acids is 2. The summed E-state index contributed by atoms with van der Waals surface area (Å²) in [6, 6.07) is -1.42. The Morgan fingerprint density at radius 3 is 2.59 bits per heavy atom. The van der Waals surface area contributed by atoms with Gasteiger partial charge < -0.3 is 15.2 Å². The van der Waals surface area contributed by atoms with Crippen molar-refractivity contribution < 1.29 is 32.6 Å². The molecule has 0 aliphatic rings. The number of amides is 2. The van der Waals surface area contributed by atoms with Gasteiger partial charge >= 0.3 is 18.2 Å². The maximum atomic E-state index is 12.9. The first-order valence-corrected chi connectivity index (χ1v) is 7.12. The molecule has 0 aromatic carbocycles. The number of thiophene rings is 1. The molecule has 1 unspecified atom stereocenters. The van der Waals surface area contributed by atoms with Gasteiger partial charge in [0.05, 0.1) is 24.8 Å². The van der Waals surface area contributed by atoms with E-state index in [9.17, 15) is 22.8 Å². The van der Waals surface area contributed by atoms with E-state index >= 15 is 0 Å². The molecule has 0 spiro atoms. The second-order valence-corrected chi connectivity index (χ2v) is 5.13. The highest BCUT2D eigenvalue weighted by Gasteiger charge is 2.39. The number of aliphatic hydroxyl groups is 1. The summed E-state index contributed by atoms with van der Waals surface area (Å²) in [5.74, 6) is -1.17. The second kappa shape index (κ2) is 7.45. The fourth-order valence-electron chi connectivity index (χ4n) is 1.47. The van der Waals surface area contributed by atoms with E-state index in [1.807, 2.05) is 0 Å². The van der Waals surface area contributed by atoms with Crippen LogP contribution in [0.2, 0.25) is 0 Å². The van der Waals surface area contributed by atoms with E-state index in [1.54, 1.807) is 0 Å². The zero-order valence-corrected chi connectivity index (χ0v) is 12.6. The third-order valence-electron chi connectivity index (χ3n) is 2.45. The number of carbonyl (C=O) groups is 2. The molecule has 0 aliphatic carbocycles. The van der Waals surface area contributed by atoms with Gasteiger partial charge in [-0.25, -0.2) is 9.59 Å². The van der Waals surface area contributed by atoms with Crippen LogP contribution in [-0.2, 0) is 10.9 Å². The third-order valence-corrected chi connectivity index (χ3v) is 3.35. The SMILES string of the molecule is CCOC(=O)c1c(C(F)(F)F)csc1NC(=O)NC(C)CO. The number of halogens is 3. The van der Waals surface area contributed by atoms with Crippen molar-refractivity contribution in [3.63, 3.8) is 0 Å². The van der Waals surface area contributed by atoms with Gasteiger partial charge in [-0.05, 0) is 13.8 Å². The van der Waals surface area contributed by atoms with Crippen molar-refractivity contribution in [1.82, 2.24) is 5.32 Å². The molecule has 0 fully saturated rings. The van der Waals surface area contributed by atoms with E-state index in [1.165, 1.54) is 13.8 Å². The normalized spacial score (nSPS) is 12.6. The number of anilines is 1. The van der Waals surface area contributed by atoms with Gasteiger partial charge in [-0.1, -0.05) is 0 Å². The minimum atomic E-state index is -4.74. The smallest absolute Gasteiger partial charge is 0.418 e. The number of esters is 1. The Labute approximate surface area is 128 Å².